The van der Waals surface area contributed by atoms with Crippen LogP contribution in [0.1, 0.15) is 5.56 Å². The SMILES string of the molecule is Cl.Nc1ncnc2c1c(-c1ccccc1)cn2-c1cccc(CNCCO)c1. The highest BCUT2D eigenvalue weighted by molar-refractivity contribution is 6.01. The Balaban J connectivity index is 0.00000225. The Morgan fingerprint density at radius 3 is 2.64 bits per heavy atom. The molecule has 0 spiro atoms. The van der Waals surface area contributed by atoms with Crippen molar-refractivity contribution in [3.05, 3.63) is 72.7 Å². The van der Waals surface area contributed by atoms with Gasteiger partial charge in [-0.1, -0.05) is 42.5 Å². The molecule has 0 aliphatic rings. The number of nitrogens with two attached hydrogens (primary N) is 1. The predicted octanol–water partition coefficient (Wildman–Crippen LogP) is 3.17. The number of nitrogens with one attached hydrogen (secondary N) is 1. The van der Waals surface area contributed by atoms with E-state index in [9.17, 15) is 0 Å². The van der Waals surface area contributed by atoms with E-state index in [1.54, 1.807) is 0 Å². The van der Waals surface area contributed by atoms with Gasteiger partial charge in [0.1, 0.15) is 12.1 Å². The summed E-state index contributed by atoms with van der Waals surface area (Å²) < 4.78 is 2.05. The van der Waals surface area contributed by atoms with Crippen LogP contribution in [0.15, 0.2) is 67.1 Å². The molecule has 0 atom stereocenters. The molecule has 0 fully saturated rings. The van der Waals surface area contributed by atoms with Gasteiger partial charge in [-0.3, -0.25) is 0 Å². The molecule has 6 nitrogen and oxygen atoms in total. The Morgan fingerprint density at radius 1 is 1.04 bits per heavy atom. The van der Waals surface area contributed by atoms with Gasteiger partial charge in [-0.05, 0) is 23.3 Å². The van der Waals surface area contributed by atoms with Gasteiger partial charge in [0.25, 0.3) is 0 Å². The van der Waals surface area contributed by atoms with Crippen LogP contribution in [0.25, 0.3) is 27.8 Å². The maximum Gasteiger partial charge on any atom is 0.150 e. The second-order valence-electron chi connectivity index (χ2n) is 6.31. The van der Waals surface area contributed by atoms with Crippen LogP contribution in [0, 0.1) is 0 Å². The minimum absolute atomic E-state index is 0. The topological polar surface area (TPSA) is 89.0 Å². The van der Waals surface area contributed by atoms with Crippen LogP contribution in [0.4, 0.5) is 5.82 Å². The highest BCUT2D eigenvalue weighted by atomic mass is 35.5. The summed E-state index contributed by atoms with van der Waals surface area (Å²) in [4.78, 5) is 8.68. The molecule has 2 aromatic carbocycles. The normalized spacial score (nSPS) is 10.8. The number of hydrogen-bond acceptors (Lipinski definition) is 5. The zero-order valence-electron chi connectivity index (χ0n) is 15.2. The highest BCUT2D eigenvalue weighted by Crippen LogP contribution is 2.34. The second-order valence-corrected chi connectivity index (χ2v) is 6.31. The van der Waals surface area contributed by atoms with Crippen molar-refractivity contribution in [1.29, 1.82) is 0 Å². The first-order chi connectivity index (χ1) is 13.3. The molecular weight excluding hydrogens is 374 g/mol. The van der Waals surface area contributed by atoms with E-state index in [4.69, 9.17) is 10.8 Å². The molecule has 2 aromatic heterocycles. The average Bonchev–Trinajstić information content (AvgIpc) is 3.10. The maximum atomic E-state index is 8.94. The number of rotatable bonds is 6. The molecule has 0 saturated heterocycles. The third kappa shape index (κ3) is 3.84. The van der Waals surface area contributed by atoms with E-state index in [0.29, 0.717) is 18.9 Å². The smallest absolute Gasteiger partial charge is 0.150 e. The summed E-state index contributed by atoms with van der Waals surface area (Å²) in [6.07, 6.45) is 3.56. The first-order valence-electron chi connectivity index (χ1n) is 8.86. The number of aromatic nitrogens is 3. The third-order valence-electron chi connectivity index (χ3n) is 4.50. The van der Waals surface area contributed by atoms with Crippen molar-refractivity contribution >= 4 is 29.3 Å². The standard InChI is InChI=1S/C21H21N5O.ClH/c22-20-19-18(16-6-2-1-3-7-16)13-26(21(19)25-14-24-20)17-8-4-5-15(11-17)12-23-9-10-27;/h1-8,11,13-14,23,27H,9-10,12H2,(H2,22,24,25);1H. The lowest BCUT2D eigenvalue weighted by molar-refractivity contribution is 0.292. The maximum absolute atomic E-state index is 8.94. The summed E-state index contributed by atoms with van der Waals surface area (Å²) in [7, 11) is 0. The van der Waals surface area contributed by atoms with Gasteiger partial charge in [-0.25, -0.2) is 9.97 Å². The fourth-order valence-electron chi connectivity index (χ4n) is 3.25. The van der Waals surface area contributed by atoms with E-state index in [1.165, 1.54) is 6.33 Å². The molecule has 0 aliphatic carbocycles. The van der Waals surface area contributed by atoms with E-state index >= 15 is 0 Å². The van der Waals surface area contributed by atoms with Crippen molar-refractivity contribution < 1.29 is 5.11 Å². The molecule has 4 rings (SSSR count). The molecule has 144 valence electrons. The minimum Gasteiger partial charge on any atom is -0.395 e. The Kier molecular flexibility index (Phi) is 6.26. The van der Waals surface area contributed by atoms with Gasteiger partial charge in [0.05, 0.1) is 12.0 Å². The van der Waals surface area contributed by atoms with Gasteiger partial charge in [0.15, 0.2) is 5.65 Å². The Morgan fingerprint density at radius 2 is 1.86 bits per heavy atom. The number of nitrogen functional groups attached to an aromatic ring is 1. The van der Waals surface area contributed by atoms with Crippen LogP contribution in [0.2, 0.25) is 0 Å². The quantitative estimate of drug-likeness (QED) is 0.436. The lowest BCUT2D eigenvalue weighted by atomic mass is 10.1. The van der Waals surface area contributed by atoms with Crippen LogP contribution in [0.5, 0.6) is 0 Å². The summed E-state index contributed by atoms with van der Waals surface area (Å²) in [6.45, 7) is 1.38. The molecule has 0 amide bonds. The predicted molar refractivity (Wildman–Crippen MR) is 115 cm³/mol. The summed E-state index contributed by atoms with van der Waals surface area (Å²) in [5, 5.41) is 13.0. The fourth-order valence-corrected chi connectivity index (χ4v) is 3.25. The second kappa shape index (κ2) is 8.84. The number of fused-ring (bicyclic) bond motifs is 1. The van der Waals surface area contributed by atoms with Gasteiger partial charge < -0.3 is 20.7 Å². The zero-order valence-corrected chi connectivity index (χ0v) is 16.1. The number of hydrogen-bond donors (Lipinski definition) is 3. The van der Waals surface area contributed by atoms with Crippen molar-refractivity contribution in [2.75, 3.05) is 18.9 Å². The van der Waals surface area contributed by atoms with Crippen LogP contribution >= 0.6 is 12.4 Å². The van der Waals surface area contributed by atoms with Crippen molar-refractivity contribution in [1.82, 2.24) is 19.9 Å². The molecule has 0 radical (unpaired) electrons. The highest BCUT2D eigenvalue weighted by Gasteiger charge is 2.16. The summed E-state index contributed by atoms with van der Waals surface area (Å²) in [6, 6.07) is 18.3. The van der Waals surface area contributed by atoms with Crippen LogP contribution in [0.3, 0.4) is 0 Å². The molecular formula is C21H22ClN5O. The van der Waals surface area contributed by atoms with E-state index < -0.39 is 0 Å². The van der Waals surface area contributed by atoms with Gasteiger partial charge in [0.2, 0.25) is 0 Å². The average molecular weight is 396 g/mol. The molecule has 2 heterocycles. The fraction of sp³-hybridized carbons (Fsp3) is 0.143. The van der Waals surface area contributed by atoms with Gasteiger partial charge in [0, 0.05) is 30.5 Å². The van der Waals surface area contributed by atoms with Crippen molar-refractivity contribution in [3.63, 3.8) is 0 Å². The number of nitrogens with zero attached hydrogens (tertiary/aromatic N) is 3. The lowest BCUT2D eigenvalue weighted by Crippen LogP contribution is -2.17. The van der Waals surface area contributed by atoms with Crippen LogP contribution in [-0.4, -0.2) is 32.8 Å². The molecule has 0 saturated carbocycles. The summed E-state index contributed by atoms with van der Waals surface area (Å²) in [5.41, 5.74) is 11.2. The molecule has 7 heteroatoms. The number of anilines is 1. The summed E-state index contributed by atoms with van der Waals surface area (Å²) in [5.74, 6) is 0.471. The minimum atomic E-state index is 0. The summed E-state index contributed by atoms with van der Waals surface area (Å²) >= 11 is 0. The first kappa shape index (κ1) is 19.8. The monoisotopic (exact) mass is 395 g/mol. The Bertz CT molecular complexity index is 1070. The van der Waals surface area contributed by atoms with E-state index in [1.807, 2.05) is 34.9 Å². The van der Waals surface area contributed by atoms with Crippen LogP contribution in [-0.2, 0) is 6.54 Å². The molecule has 28 heavy (non-hydrogen) atoms. The zero-order chi connectivity index (χ0) is 18.6. The molecule has 4 aromatic rings. The number of aliphatic hydroxyl groups excluding tert-OH is 1. The number of benzene rings is 2. The Hall–Kier alpha value is -2.93. The van der Waals surface area contributed by atoms with Crippen molar-refractivity contribution in [2.24, 2.45) is 0 Å². The first-order valence-corrected chi connectivity index (χ1v) is 8.86. The number of aliphatic hydroxyl groups is 1. The van der Waals surface area contributed by atoms with Gasteiger partial charge in [-0.2, -0.15) is 0 Å². The van der Waals surface area contributed by atoms with Crippen molar-refractivity contribution in [3.8, 4) is 16.8 Å². The van der Waals surface area contributed by atoms with Crippen molar-refractivity contribution in [2.45, 2.75) is 6.54 Å². The van der Waals surface area contributed by atoms with E-state index in [-0.39, 0.29) is 19.0 Å². The molecule has 0 aliphatic heterocycles. The van der Waals surface area contributed by atoms with Gasteiger partial charge in [-0.15, -0.1) is 12.4 Å². The Labute approximate surface area is 169 Å². The third-order valence-corrected chi connectivity index (χ3v) is 4.50. The van der Waals surface area contributed by atoms with E-state index in [2.05, 4.69) is 45.7 Å². The molecule has 0 unspecified atom stereocenters. The number of halogens is 1. The lowest BCUT2D eigenvalue weighted by Gasteiger charge is -2.08. The van der Waals surface area contributed by atoms with E-state index in [0.717, 1.165) is 33.4 Å². The largest absolute Gasteiger partial charge is 0.395 e. The van der Waals surface area contributed by atoms with Crippen LogP contribution < -0.4 is 11.1 Å². The molecule has 4 N–H and O–H groups in total. The van der Waals surface area contributed by atoms with Gasteiger partial charge >= 0.3 is 0 Å². The molecule has 0 bridgehead atoms.